The normalized spacial score (nSPS) is 9.67. The van der Waals surface area contributed by atoms with E-state index in [9.17, 15) is 0 Å². The third-order valence-electron chi connectivity index (χ3n) is 2.67. The van der Waals surface area contributed by atoms with E-state index < -0.39 is 0 Å². The van der Waals surface area contributed by atoms with Crippen LogP contribution < -0.4 is 10.6 Å². The Balaban J connectivity index is 2.54. The van der Waals surface area contributed by atoms with Gasteiger partial charge in [-0.05, 0) is 24.3 Å². The highest BCUT2D eigenvalue weighted by molar-refractivity contribution is 5.97. The summed E-state index contributed by atoms with van der Waals surface area (Å²) in [6.45, 7) is 0.257. The summed E-state index contributed by atoms with van der Waals surface area (Å²) in [4.78, 5) is 5.85. The van der Waals surface area contributed by atoms with Crippen molar-refractivity contribution < 1.29 is 0 Å². The SMILES string of the molecule is N#CCN(CC#N)c1ccc2ncccc2c1N. The molecule has 18 heavy (non-hydrogen) atoms. The molecule has 0 saturated heterocycles. The fraction of sp³-hybridized carbons (Fsp3) is 0.154. The molecular weight excluding hydrogens is 226 g/mol. The lowest BCUT2D eigenvalue weighted by Crippen LogP contribution is -2.24. The highest BCUT2D eigenvalue weighted by atomic mass is 15.1. The van der Waals surface area contributed by atoms with Crippen LogP contribution in [0.3, 0.4) is 0 Å². The Kier molecular flexibility index (Phi) is 3.26. The Hall–Kier alpha value is -2.79. The summed E-state index contributed by atoms with van der Waals surface area (Å²) in [6, 6.07) is 11.4. The van der Waals surface area contributed by atoms with Gasteiger partial charge in [0.2, 0.25) is 0 Å². The van der Waals surface area contributed by atoms with E-state index in [0.29, 0.717) is 11.4 Å². The third-order valence-corrected chi connectivity index (χ3v) is 2.67. The van der Waals surface area contributed by atoms with E-state index in [1.54, 1.807) is 23.2 Å². The average Bonchev–Trinajstić information content (AvgIpc) is 2.39. The number of hydrogen-bond donors (Lipinski definition) is 1. The lowest BCUT2D eigenvalue weighted by Gasteiger charge is -2.20. The summed E-state index contributed by atoms with van der Waals surface area (Å²) in [6.07, 6.45) is 1.70. The zero-order valence-corrected chi connectivity index (χ0v) is 9.67. The molecule has 0 bridgehead atoms. The highest BCUT2D eigenvalue weighted by Crippen LogP contribution is 2.30. The van der Waals surface area contributed by atoms with Crippen LogP contribution in [0.5, 0.6) is 0 Å². The number of benzene rings is 1. The van der Waals surface area contributed by atoms with Crippen LogP contribution in [-0.4, -0.2) is 18.1 Å². The Morgan fingerprint density at radius 3 is 2.56 bits per heavy atom. The molecule has 1 heterocycles. The van der Waals surface area contributed by atoms with Gasteiger partial charge >= 0.3 is 0 Å². The fourth-order valence-electron chi connectivity index (χ4n) is 1.84. The number of nitriles is 2. The first-order valence-electron chi connectivity index (χ1n) is 5.40. The van der Waals surface area contributed by atoms with Gasteiger partial charge in [0.25, 0.3) is 0 Å². The average molecular weight is 237 g/mol. The summed E-state index contributed by atoms with van der Waals surface area (Å²) >= 11 is 0. The number of pyridine rings is 1. The number of anilines is 2. The van der Waals surface area contributed by atoms with Gasteiger partial charge in [0.05, 0.1) is 29.0 Å². The molecule has 5 nitrogen and oxygen atoms in total. The van der Waals surface area contributed by atoms with Crippen molar-refractivity contribution in [3.05, 3.63) is 30.5 Å². The van der Waals surface area contributed by atoms with Crippen LogP contribution in [0.15, 0.2) is 30.5 Å². The Labute approximate surface area is 105 Å². The minimum absolute atomic E-state index is 0.129. The maximum absolute atomic E-state index is 8.77. The van der Waals surface area contributed by atoms with Crippen LogP contribution >= 0.6 is 0 Å². The topological polar surface area (TPSA) is 89.7 Å². The van der Waals surface area contributed by atoms with Crippen molar-refractivity contribution in [1.29, 1.82) is 10.5 Å². The molecule has 2 rings (SSSR count). The van der Waals surface area contributed by atoms with E-state index in [2.05, 4.69) is 4.98 Å². The molecule has 0 amide bonds. The molecule has 2 aromatic rings. The van der Waals surface area contributed by atoms with Crippen LogP contribution in [0, 0.1) is 22.7 Å². The molecule has 0 aliphatic rings. The van der Waals surface area contributed by atoms with Crippen LogP contribution in [0.4, 0.5) is 11.4 Å². The standard InChI is InChI=1S/C13H11N5/c14-5-8-18(9-6-15)12-4-3-11-10(13(12)16)2-1-7-17-11/h1-4,7H,8-9,16H2. The lowest BCUT2D eigenvalue weighted by molar-refractivity contribution is 0.969. The fourth-order valence-corrected chi connectivity index (χ4v) is 1.84. The Morgan fingerprint density at radius 1 is 1.17 bits per heavy atom. The van der Waals surface area contributed by atoms with Crippen LogP contribution in [0.2, 0.25) is 0 Å². The van der Waals surface area contributed by atoms with Gasteiger partial charge in [-0.3, -0.25) is 4.98 Å². The van der Waals surface area contributed by atoms with E-state index in [1.165, 1.54) is 0 Å². The number of hydrogen-bond acceptors (Lipinski definition) is 5. The second-order valence-corrected chi connectivity index (χ2v) is 3.74. The van der Waals surface area contributed by atoms with E-state index in [1.807, 2.05) is 24.3 Å². The van der Waals surface area contributed by atoms with E-state index in [4.69, 9.17) is 16.3 Å². The van der Waals surface area contributed by atoms with Crippen molar-refractivity contribution >= 4 is 22.3 Å². The summed E-state index contributed by atoms with van der Waals surface area (Å²) < 4.78 is 0. The molecule has 0 aliphatic carbocycles. The molecule has 0 spiro atoms. The van der Waals surface area contributed by atoms with Gasteiger partial charge in [0, 0.05) is 11.6 Å². The molecule has 0 atom stereocenters. The number of nitrogen functional groups attached to an aromatic ring is 1. The van der Waals surface area contributed by atoms with Gasteiger partial charge in [-0.2, -0.15) is 10.5 Å². The minimum Gasteiger partial charge on any atom is -0.396 e. The van der Waals surface area contributed by atoms with E-state index in [-0.39, 0.29) is 13.1 Å². The highest BCUT2D eigenvalue weighted by Gasteiger charge is 2.11. The number of fused-ring (bicyclic) bond motifs is 1. The first kappa shape index (κ1) is 11.7. The maximum atomic E-state index is 8.77. The summed E-state index contributed by atoms with van der Waals surface area (Å²) in [5.41, 5.74) is 8.12. The van der Waals surface area contributed by atoms with Gasteiger partial charge in [0.15, 0.2) is 0 Å². The number of nitrogens with zero attached hydrogens (tertiary/aromatic N) is 4. The molecule has 0 saturated carbocycles. The summed E-state index contributed by atoms with van der Waals surface area (Å²) in [5.74, 6) is 0. The Bertz CT molecular complexity index is 634. The molecule has 0 fully saturated rings. The van der Waals surface area contributed by atoms with Crippen LogP contribution in [0.1, 0.15) is 0 Å². The largest absolute Gasteiger partial charge is 0.396 e. The van der Waals surface area contributed by atoms with Crippen LogP contribution in [0.25, 0.3) is 10.9 Å². The monoisotopic (exact) mass is 237 g/mol. The van der Waals surface area contributed by atoms with Crippen molar-refractivity contribution in [1.82, 2.24) is 4.98 Å². The zero-order chi connectivity index (χ0) is 13.0. The lowest BCUT2D eigenvalue weighted by atomic mass is 10.1. The molecule has 0 aliphatic heterocycles. The molecule has 5 heteroatoms. The number of rotatable bonds is 3. The first-order chi connectivity index (χ1) is 8.77. The summed E-state index contributed by atoms with van der Waals surface area (Å²) in [7, 11) is 0. The molecule has 1 aromatic heterocycles. The van der Waals surface area contributed by atoms with Crippen LogP contribution in [-0.2, 0) is 0 Å². The van der Waals surface area contributed by atoms with Crippen molar-refractivity contribution in [2.45, 2.75) is 0 Å². The quantitative estimate of drug-likeness (QED) is 0.647. The van der Waals surface area contributed by atoms with E-state index in [0.717, 1.165) is 10.9 Å². The molecular formula is C13H11N5. The third kappa shape index (κ3) is 2.02. The second kappa shape index (κ2) is 5.03. The van der Waals surface area contributed by atoms with Crippen molar-refractivity contribution in [3.8, 4) is 12.1 Å². The van der Waals surface area contributed by atoms with Gasteiger partial charge in [-0.15, -0.1) is 0 Å². The molecule has 0 radical (unpaired) electrons. The molecule has 1 aromatic carbocycles. The first-order valence-corrected chi connectivity index (χ1v) is 5.40. The summed E-state index contributed by atoms with van der Waals surface area (Å²) in [5, 5.41) is 18.4. The minimum atomic E-state index is 0.129. The zero-order valence-electron chi connectivity index (χ0n) is 9.67. The van der Waals surface area contributed by atoms with E-state index >= 15 is 0 Å². The van der Waals surface area contributed by atoms with Gasteiger partial charge in [-0.25, -0.2) is 0 Å². The molecule has 2 N–H and O–H groups in total. The van der Waals surface area contributed by atoms with Gasteiger partial charge in [0.1, 0.15) is 13.1 Å². The predicted octanol–water partition coefficient (Wildman–Crippen LogP) is 1.67. The smallest absolute Gasteiger partial charge is 0.107 e. The number of aromatic nitrogens is 1. The second-order valence-electron chi connectivity index (χ2n) is 3.74. The van der Waals surface area contributed by atoms with Crippen molar-refractivity contribution in [2.75, 3.05) is 23.7 Å². The molecule has 0 unspecified atom stereocenters. The van der Waals surface area contributed by atoms with Crippen molar-refractivity contribution in [3.63, 3.8) is 0 Å². The van der Waals surface area contributed by atoms with Gasteiger partial charge < -0.3 is 10.6 Å². The maximum Gasteiger partial charge on any atom is 0.107 e. The van der Waals surface area contributed by atoms with Gasteiger partial charge in [-0.1, -0.05) is 0 Å². The Morgan fingerprint density at radius 2 is 1.89 bits per heavy atom. The van der Waals surface area contributed by atoms with Crippen molar-refractivity contribution in [2.24, 2.45) is 0 Å². The predicted molar refractivity (Wildman–Crippen MR) is 69.6 cm³/mol. The number of nitrogens with two attached hydrogens (primary N) is 1. The molecule has 88 valence electrons.